The molecule has 0 aromatic heterocycles. The summed E-state index contributed by atoms with van der Waals surface area (Å²) >= 11 is 1.80. The van der Waals surface area contributed by atoms with Gasteiger partial charge in [0.2, 0.25) is 0 Å². The van der Waals surface area contributed by atoms with Crippen molar-refractivity contribution in [2.45, 2.75) is 51.2 Å². The molecule has 0 saturated carbocycles. The molecule has 116 valence electrons. The third-order valence-corrected chi connectivity index (χ3v) is 5.16. The van der Waals surface area contributed by atoms with E-state index in [1.807, 2.05) is 0 Å². The Bertz CT molecular complexity index is 466. The summed E-state index contributed by atoms with van der Waals surface area (Å²) in [4.78, 5) is 12.4. The van der Waals surface area contributed by atoms with Crippen LogP contribution < -0.4 is 5.32 Å². The minimum Gasteiger partial charge on any atom is -0.380 e. The highest BCUT2D eigenvalue weighted by atomic mass is 32.2. The molecule has 1 aromatic rings. The van der Waals surface area contributed by atoms with Crippen LogP contribution in [0.25, 0.3) is 0 Å². The summed E-state index contributed by atoms with van der Waals surface area (Å²) in [5.41, 5.74) is 1.30. The van der Waals surface area contributed by atoms with Crippen molar-refractivity contribution >= 4 is 17.7 Å². The zero-order valence-electron chi connectivity index (χ0n) is 12.9. The van der Waals surface area contributed by atoms with Crippen molar-refractivity contribution in [3.8, 4) is 0 Å². The molecule has 1 atom stereocenters. The number of nitrogens with one attached hydrogen (secondary N) is 1. The Labute approximate surface area is 131 Å². The van der Waals surface area contributed by atoms with Gasteiger partial charge in [-0.3, -0.25) is 4.79 Å². The largest absolute Gasteiger partial charge is 0.380 e. The van der Waals surface area contributed by atoms with Gasteiger partial charge in [-0.15, -0.1) is 0 Å². The first-order chi connectivity index (χ1) is 10.0. The third kappa shape index (κ3) is 4.48. The predicted molar refractivity (Wildman–Crippen MR) is 88.6 cm³/mol. The van der Waals surface area contributed by atoms with Gasteiger partial charge in [0, 0.05) is 6.04 Å². The Morgan fingerprint density at radius 3 is 2.52 bits per heavy atom. The highest BCUT2D eigenvalue weighted by Gasteiger charge is 2.37. The second kappa shape index (κ2) is 7.32. The van der Waals surface area contributed by atoms with Crippen molar-refractivity contribution in [2.24, 2.45) is 0 Å². The van der Waals surface area contributed by atoms with Crippen LogP contribution >= 0.6 is 11.8 Å². The van der Waals surface area contributed by atoms with Crippen LogP contribution in [0.3, 0.4) is 0 Å². The van der Waals surface area contributed by atoms with Crippen LogP contribution in [-0.4, -0.2) is 34.2 Å². The first kappa shape index (κ1) is 16.4. The molecule has 2 N–H and O–H groups in total. The lowest BCUT2D eigenvalue weighted by molar-refractivity contribution is -0.141. The van der Waals surface area contributed by atoms with Crippen molar-refractivity contribution in [1.29, 1.82) is 0 Å². The molecule has 0 aliphatic carbocycles. The average Bonchev–Trinajstić information content (AvgIpc) is 2.49. The minimum absolute atomic E-state index is 0.0822. The molecule has 1 fully saturated rings. The van der Waals surface area contributed by atoms with Gasteiger partial charge in [0.25, 0.3) is 5.91 Å². The SMILES string of the molecule is CC[C@H](Cc1ccc(C)cc1)NC(=O)C1(O)CCSCC1. The molecule has 4 heteroatoms. The van der Waals surface area contributed by atoms with Crippen molar-refractivity contribution in [3.05, 3.63) is 35.4 Å². The number of hydrogen-bond donors (Lipinski definition) is 2. The van der Waals surface area contributed by atoms with Crippen LogP contribution in [0, 0.1) is 6.92 Å². The van der Waals surface area contributed by atoms with Gasteiger partial charge in [0.1, 0.15) is 5.60 Å². The maximum absolute atomic E-state index is 12.4. The van der Waals surface area contributed by atoms with E-state index in [-0.39, 0.29) is 11.9 Å². The number of rotatable bonds is 5. The van der Waals surface area contributed by atoms with Crippen molar-refractivity contribution in [1.82, 2.24) is 5.32 Å². The van der Waals surface area contributed by atoms with E-state index in [1.54, 1.807) is 11.8 Å². The number of amides is 1. The molecule has 0 unspecified atom stereocenters. The molecule has 1 aromatic carbocycles. The van der Waals surface area contributed by atoms with E-state index >= 15 is 0 Å². The Kier molecular flexibility index (Phi) is 5.71. The summed E-state index contributed by atoms with van der Waals surface area (Å²) in [5, 5.41) is 13.5. The van der Waals surface area contributed by atoms with Crippen molar-refractivity contribution < 1.29 is 9.90 Å². The quantitative estimate of drug-likeness (QED) is 0.879. The van der Waals surface area contributed by atoms with Gasteiger partial charge in [-0.25, -0.2) is 0 Å². The number of thioether (sulfide) groups is 1. The summed E-state index contributed by atoms with van der Waals surface area (Å²) in [6.45, 7) is 4.14. The summed E-state index contributed by atoms with van der Waals surface area (Å²) in [7, 11) is 0. The summed E-state index contributed by atoms with van der Waals surface area (Å²) < 4.78 is 0. The van der Waals surface area contributed by atoms with E-state index in [4.69, 9.17) is 0 Å². The smallest absolute Gasteiger partial charge is 0.252 e. The lowest BCUT2D eigenvalue weighted by Crippen LogP contribution is -2.52. The molecule has 1 saturated heterocycles. The van der Waals surface area contributed by atoms with Gasteiger partial charge in [0.05, 0.1) is 0 Å². The first-order valence-corrected chi connectivity index (χ1v) is 8.85. The van der Waals surface area contributed by atoms with E-state index in [0.717, 1.165) is 24.3 Å². The van der Waals surface area contributed by atoms with Gasteiger partial charge in [0.15, 0.2) is 0 Å². The Morgan fingerprint density at radius 1 is 1.33 bits per heavy atom. The van der Waals surface area contributed by atoms with Gasteiger partial charge >= 0.3 is 0 Å². The van der Waals surface area contributed by atoms with Crippen molar-refractivity contribution in [3.63, 3.8) is 0 Å². The van der Waals surface area contributed by atoms with E-state index in [0.29, 0.717) is 12.8 Å². The molecule has 1 amide bonds. The summed E-state index contributed by atoms with van der Waals surface area (Å²) in [5.74, 6) is 1.53. The van der Waals surface area contributed by atoms with Crippen LogP contribution in [0.15, 0.2) is 24.3 Å². The normalized spacial score (nSPS) is 19.0. The van der Waals surface area contributed by atoms with Crippen LogP contribution in [0.5, 0.6) is 0 Å². The molecule has 0 spiro atoms. The number of benzene rings is 1. The Hall–Kier alpha value is -1.000. The standard InChI is InChI=1S/C17H25NO2S/c1-3-15(12-14-6-4-13(2)5-7-14)18-16(19)17(20)8-10-21-11-9-17/h4-7,15,20H,3,8-12H2,1-2H3,(H,18,19)/t15-/m1/s1. The van der Waals surface area contributed by atoms with Gasteiger partial charge in [-0.2, -0.15) is 11.8 Å². The minimum atomic E-state index is -1.16. The second-order valence-electron chi connectivity index (χ2n) is 5.91. The molecule has 2 rings (SSSR count). The maximum atomic E-state index is 12.4. The summed E-state index contributed by atoms with van der Waals surface area (Å²) in [6, 6.07) is 8.48. The maximum Gasteiger partial charge on any atom is 0.252 e. The number of carbonyl (C=O) groups excluding carboxylic acids is 1. The fraction of sp³-hybridized carbons (Fsp3) is 0.588. The van der Waals surface area contributed by atoms with Crippen LogP contribution in [0.4, 0.5) is 0 Å². The van der Waals surface area contributed by atoms with E-state index in [1.165, 1.54) is 11.1 Å². The van der Waals surface area contributed by atoms with Crippen LogP contribution in [0.2, 0.25) is 0 Å². The summed E-state index contributed by atoms with van der Waals surface area (Å²) in [6.07, 6.45) is 2.80. The highest BCUT2D eigenvalue weighted by Crippen LogP contribution is 2.27. The lowest BCUT2D eigenvalue weighted by atomic mass is 9.94. The first-order valence-electron chi connectivity index (χ1n) is 7.70. The van der Waals surface area contributed by atoms with E-state index in [9.17, 15) is 9.90 Å². The number of carbonyl (C=O) groups is 1. The number of aliphatic hydroxyl groups is 1. The van der Waals surface area contributed by atoms with Gasteiger partial charge < -0.3 is 10.4 Å². The molecule has 0 radical (unpaired) electrons. The second-order valence-corrected chi connectivity index (χ2v) is 7.14. The molecule has 1 aliphatic heterocycles. The molecular weight excluding hydrogens is 282 g/mol. The molecule has 1 aliphatic rings. The van der Waals surface area contributed by atoms with Crippen LogP contribution in [0.1, 0.15) is 37.3 Å². The number of hydrogen-bond acceptors (Lipinski definition) is 3. The Morgan fingerprint density at radius 2 is 1.95 bits per heavy atom. The van der Waals surface area contributed by atoms with E-state index in [2.05, 4.69) is 43.4 Å². The molecule has 21 heavy (non-hydrogen) atoms. The third-order valence-electron chi connectivity index (χ3n) is 4.17. The average molecular weight is 307 g/mol. The van der Waals surface area contributed by atoms with Gasteiger partial charge in [-0.05, 0) is 49.7 Å². The Balaban J connectivity index is 1.95. The monoisotopic (exact) mass is 307 g/mol. The van der Waals surface area contributed by atoms with Crippen molar-refractivity contribution in [2.75, 3.05) is 11.5 Å². The zero-order valence-corrected chi connectivity index (χ0v) is 13.7. The zero-order chi connectivity index (χ0) is 15.3. The fourth-order valence-electron chi connectivity index (χ4n) is 2.56. The topological polar surface area (TPSA) is 49.3 Å². The molecular formula is C17H25NO2S. The molecule has 1 heterocycles. The van der Waals surface area contributed by atoms with E-state index < -0.39 is 5.60 Å². The lowest BCUT2D eigenvalue weighted by Gasteiger charge is -2.32. The predicted octanol–water partition coefficient (Wildman–Crippen LogP) is 2.69. The number of aryl methyl sites for hydroxylation is 1. The molecule has 3 nitrogen and oxygen atoms in total. The van der Waals surface area contributed by atoms with Gasteiger partial charge in [-0.1, -0.05) is 36.8 Å². The van der Waals surface area contributed by atoms with Crippen LogP contribution in [-0.2, 0) is 11.2 Å². The highest BCUT2D eigenvalue weighted by molar-refractivity contribution is 7.99. The fourth-order valence-corrected chi connectivity index (χ4v) is 3.73. The molecule has 0 bridgehead atoms.